The van der Waals surface area contributed by atoms with Crippen LogP contribution < -0.4 is 15.5 Å². The fourth-order valence-corrected chi connectivity index (χ4v) is 3.39. The minimum Gasteiger partial charge on any atom is -0.394 e. The van der Waals surface area contributed by atoms with Crippen molar-refractivity contribution in [1.29, 1.82) is 0 Å². The molecule has 1 aliphatic rings. The quantitative estimate of drug-likeness (QED) is 0.720. The fraction of sp³-hybridized carbons (Fsp3) is 0.333. The minimum absolute atomic E-state index is 0.191. The zero-order chi connectivity index (χ0) is 17.6. The highest BCUT2D eigenvalue weighted by Gasteiger charge is 2.16. The van der Waals surface area contributed by atoms with E-state index in [1.807, 2.05) is 24.3 Å². The van der Waals surface area contributed by atoms with E-state index in [1.54, 1.807) is 5.38 Å². The third-order valence-electron chi connectivity index (χ3n) is 4.12. The van der Waals surface area contributed by atoms with Crippen LogP contribution in [0, 0.1) is 12.3 Å². The smallest absolute Gasteiger partial charge is 0.320 e. The zero-order valence-corrected chi connectivity index (χ0v) is 14.6. The van der Waals surface area contributed by atoms with Crippen molar-refractivity contribution in [3.63, 3.8) is 0 Å². The molecule has 1 aliphatic heterocycles. The van der Waals surface area contributed by atoms with Gasteiger partial charge < -0.3 is 15.3 Å². The van der Waals surface area contributed by atoms with Gasteiger partial charge in [0.2, 0.25) is 0 Å². The van der Waals surface area contributed by atoms with Crippen LogP contribution >= 0.6 is 11.3 Å². The van der Waals surface area contributed by atoms with Crippen LogP contribution in [0.5, 0.6) is 0 Å². The van der Waals surface area contributed by atoms with Crippen molar-refractivity contribution in [2.75, 3.05) is 29.9 Å². The molecule has 0 spiro atoms. The van der Waals surface area contributed by atoms with E-state index >= 15 is 0 Å². The number of nitrogens with one attached hydrogen (secondary N) is 2. The lowest BCUT2D eigenvalue weighted by Crippen LogP contribution is -2.34. The van der Waals surface area contributed by atoms with E-state index in [0.717, 1.165) is 18.7 Å². The molecule has 2 amide bonds. The molecule has 130 valence electrons. The molecule has 6 nitrogen and oxygen atoms in total. The van der Waals surface area contributed by atoms with Crippen LogP contribution in [0.4, 0.5) is 16.3 Å². The molecular weight excluding hydrogens is 336 g/mol. The van der Waals surface area contributed by atoms with Crippen LogP contribution in [0.25, 0.3) is 0 Å². The van der Waals surface area contributed by atoms with Gasteiger partial charge in [-0.3, -0.25) is 5.32 Å². The van der Waals surface area contributed by atoms with Crippen LogP contribution in [0.15, 0.2) is 29.6 Å². The van der Waals surface area contributed by atoms with E-state index in [1.165, 1.54) is 29.9 Å². The number of nitrogens with zero attached hydrogens (tertiary/aromatic N) is 2. The van der Waals surface area contributed by atoms with Crippen LogP contribution in [-0.2, 0) is 0 Å². The second kappa shape index (κ2) is 8.01. The SMILES string of the molecule is C#Cc1nc(NC(=O)N[C@@H](CO)c2ccc(N3CCCC3)cc2)cs1. The maximum atomic E-state index is 12.1. The fourth-order valence-electron chi connectivity index (χ4n) is 2.84. The molecule has 1 aromatic carbocycles. The number of urea groups is 1. The first-order valence-electron chi connectivity index (χ1n) is 8.15. The molecular formula is C18H20N4O2S. The Morgan fingerprint density at radius 1 is 1.36 bits per heavy atom. The van der Waals surface area contributed by atoms with E-state index in [2.05, 4.69) is 26.4 Å². The van der Waals surface area contributed by atoms with Crippen molar-refractivity contribution in [1.82, 2.24) is 10.3 Å². The van der Waals surface area contributed by atoms with Crippen LogP contribution in [0.3, 0.4) is 0 Å². The van der Waals surface area contributed by atoms with E-state index in [4.69, 9.17) is 6.42 Å². The second-order valence-electron chi connectivity index (χ2n) is 5.80. The standard InChI is InChI=1S/C18H20N4O2S/c1-2-17-20-16(12-25-17)21-18(24)19-15(11-23)13-5-7-14(8-6-13)22-9-3-4-10-22/h1,5-8,12,15,23H,3-4,9-11H2,(H2,19,21,24)/t15-/m0/s1. The average molecular weight is 356 g/mol. The summed E-state index contributed by atoms with van der Waals surface area (Å²) in [5.41, 5.74) is 2.02. The summed E-state index contributed by atoms with van der Waals surface area (Å²) in [5.74, 6) is 2.82. The Hall–Kier alpha value is -2.56. The molecule has 1 aromatic heterocycles. The van der Waals surface area contributed by atoms with Crippen molar-refractivity contribution in [3.8, 4) is 12.3 Å². The Morgan fingerprint density at radius 3 is 2.68 bits per heavy atom. The van der Waals surface area contributed by atoms with E-state index in [9.17, 15) is 9.90 Å². The van der Waals surface area contributed by atoms with Gasteiger partial charge in [0.25, 0.3) is 0 Å². The second-order valence-corrected chi connectivity index (χ2v) is 6.66. The number of anilines is 2. The first kappa shape index (κ1) is 17.3. The summed E-state index contributed by atoms with van der Waals surface area (Å²) in [4.78, 5) is 18.5. The summed E-state index contributed by atoms with van der Waals surface area (Å²) in [6, 6.07) is 7.02. The van der Waals surface area contributed by atoms with Crippen LogP contribution in [0.1, 0.15) is 29.5 Å². The van der Waals surface area contributed by atoms with E-state index in [0.29, 0.717) is 10.8 Å². The topological polar surface area (TPSA) is 77.5 Å². The molecule has 0 radical (unpaired) electrons. The molecule has 0 bridgehead atoms. The Morgan fingerprint density at radius 2 is 2.08 bits per heavy atom. The normalized spacial score (nSPS) is 14.8. The number of amides is 2. The number of aromatic nitrogens is 1. The number of aliphatic hydroxyl groups is 1. The lowest BCUT2D eigenvalue weighted by molar-refractivity contribution is 0.225. The van der Waals surface area contributed by atoms with Crippen LogP contribution in [0.2, 0.25) is 0 Å². The first-order valence-corrected chi connectivity index (χ1v) is 9.03. The molecule has 0 saturated carbocycles. The first-order chi connectivity index (χ1) is 12.2. The molecule has 1 atom stereocenters. The van der Waals surface area contributed by atoms with Gasteiger partial charge in [0.05, 0.1) is 12.6 Å². The maximum Gasteiger partial charge on any atom is 0.320 e. The summed E-state index contributed by atoms with van der Waals surface area (Å²) in [7, 11) is 0. The van der Waals surface area contributed by atoms with Gasteiger partial charge in [-0.15, -0.1) is 17.8 Å². The molecule has 2 heterocycles. The van der Waals surface area contributed by atoms with Crippen molar-refractivity contribution in [2.24, 2.45) is 0 Å². The Bertz CT molecular complexity index is 760. The van der Waals surface area contributed by atoms with Gasteiger partial charge in [-0.2, -0.15) is 0 Å². The monoisotopic (exact) mass is 356 g/mol. The molecule has 1 fully saturated rings. The minimum atomic E-state index is -0.488. The van der Waals surface area contributed by atoms with Crippen molar-refractivity contribution >= 4 is 28.9 Å². The summed E-state index contributed by atoms with van der Waals surface area (Å²) in [5, 5.41) is 17.2. The molecule has 7 heteroatoms. The number of terminal acetylenes is 1. The summed E-state index contributed by atoms with van der Waals surface area (Å²) >= 11 is 1.28. The lowest BCUT2D eigenvalue weighted by Gasteiger charge is -2.20. The van der Waals surface area contributed by atoms with Gasteiger partial charge >= 0.3 is 6.03 Å². The highest BCUT2D eigenvalue weighted by molar-refractivity contribution is 7.10. The number of hydrogen-bond acceptors (Lipinski definition) is 5. The maximum absolute atomic E-state index is 12.1. The van der Waals surface area contributed by atoms with Crippen molar-refractivity contribution < 1.29 is 9.90 Å². The van der Waals surface area contributed by atoms with Gasteiger partial charge in [0.1, 0.15) is 5.82 Å². The van der Waals surface area contributed by atoms with Gasteiger partial charge in [0.15, 0.2) is 5.01 Å². The number of thiazole rings is 1. The lowest BCUT2D eigenvalue weighted by atomic mass is 10.1. The number of carbonyl (C=O) groups excluding carboxylic acids is 1. The molecule has 25 heavy (non-hydrogen) atoms. The summed E-state index contributed by atoms with van der Waals surface area (Å²) < 4.78 is 0. The largest absolute Gasteiger partial charge is 0.394 e. The predicted octanol–water partition coefficient (Wildman–Crippen LogP) is 2.58. The Balaban J connectivity index is 1.61. The Kier molecular flexibility index (Phi) is 5.53. The van der Waals surface area contributed by atoms with Gasteiger partial charge in [-0.05, 0) is 36.5 Å². The van der Waals surface area contributed by atoms with Crippen molar-refractivity contribution in [3.05, 3.63) is 40.2 Å². The van der Waals surface area contributed by atoms with E-state index in [-0.39, 0.29) is 6.61 Å². The predicted molar refractivity (Wildman–Crippen MR) is 99.9 cm³/mol. The third kappa shape index (κ3) is 4.29. The average Bonchev–Trinajstić information content (AvgIpc) is 3.31. The van der Waals surface area contributed by atoms with Gasteiger partial charge in [-0.1, -0.05) is 12.1 Å². The number of rotatable bonds is 5. The molecule has 3 N–H and O–H groups in total. The number of benzene rings is 1. The summed E-state index contributed by atoms with van der Waals surface area (Å²) in [6.07, 6.45) is 7.71. The molecule has 0 aliphatic carbocycles. The van der Waals surface area contributed by atoms with Gasteiger partial charge in [0, 0.05) is 24.2 Å². The van der Waals surface area contributed by atoms with Gasteiger partial charge in [-0.25, -0.2) is 9.78 Å². The molecule has 2 aromatic rings. The number of carbonyl (C=O) groups is 1. The molecule has 1 saturated heterocycles. The zero-order valence-electron chi connectivity index (χ0n) is 13.7. The van der Waals surface area contributed by atoms with Crippen molar-refractivity contribution in [2.45, 2.75) is 18.9 Å². The van der Waals surface area contributed by atoms with E-state index < -0.39 is 12.1 Å². The molecule has 3 rings (SSSR count). The summed E-state index contributed by atoms with van der Waals surface area (Å²) in [6.45, 7) is 1.97. The highest BCUT2D eigenvalue weighted by Crippen LogP contribution is 2.23. The molecule has 0 unspecified atom stereocenters. The Labute approximate surface area is 150 Å². The number of hydrogen-bond donors (Lipinski definition) is 3. The van der Waals surface area contributed by atoms with Crippen LogP contribution in [-0.4, -0.2) is 35.8 Å². The third-order valence-corrected chi connectivity index (χ3v) is 4.90. The number of aliphatic hydroxyl groups excluding tert-OH is 1. The highest BCUT2D eigenvalue weighted by atomic mass is 32.1.